The van der Waals surface area contributed by atoms with Gasteiger partial charge in [0.25, 0.3) is 5.91 Å². The second kappa shape index (κ2) is 13.7. The van der Waals surface area contributed by atoms with E-state index in [9.17, 15) is 19.5 Å². The van der Waals surface area contributed by atoms with Crippen LogP contribution >= 0.6 is 48.0 Å². The van der Waals surface area contributed by atoms with Gasteiger partial charge in [-0.05, 0) is 18.6 Å². The molecule has 13 heteroatoms. The third-order valence-corrected chi connectivity index (χ3v) is 7.19. The average molecular weight is 610 g/mol. The molecule has 2 saturated heterocycles. The Labute approximate surface area is 243 Å². The topological polar surface area (TPSA) is 114 Å². The summed E-state index contributed by atoms with van der Waals surface area (Å²) in [6.07, 6.45) is 0.181. The number of nitrogens with zero attached hydrogens (tertiary/aromatic N) is 1. The first kappa shape index (κ1) is 31.9. The number of esters is 2. The number of quaternary nitrogens is 1. The fourth-order valence-electron chi connectivity index (χ4n) is 4.48. The summed E-state index contributed by atoms with van der Waals surface area (Å²) in [5.74, 6) is -2.70. The molecule has 0 aliphatic carbocycles. The van der Waals surface area contributed by atoms with Gasteiger partial charge in [-0.2, -0.15) is 0 Å². The number of halogens is 4. The molecule has 9 nitrogen and oxygen atoms in total. The van der Waals surface area contributed by atoms with Crippen LogP contribution in [0.3, 0.4) is 0 Å². The second-order valence-electron chi connectivity index (χ2n) is 8.90. The van der Waals surface area contributed by atoms with Gasteiger partial charge in [0.05, 0.1) is 30.3 Å². The molecule has 1 spiro atoms. The van der Waals surface area contributed by atoms with Crippen LogP contribution in [-0.2, 0) is 20.7 Å². The molecule has 2 aromatic rings. The highest BCUT2D eigenvalue weighted by Gasteiger charge is 2.61. The Morgan fingerprint density at radius 1 is 1.16 bits per heavy atom. The second-order valence-corrected chi connectivity index (χ2v) is 9.69. The van der Waals surface area contributed by atoms with Crippen LogP contribution in [-0.4, -0.2) is 78.8 Å². The largest absolute Gasteiger partial charge is 0.505 e. The van der Waals surface area contributed by atoms with Gasteiger partial charge in [0, 0.05) is 19.5 Å². The van der Waals surface area contributed by atoms with Crippen molar-refractivity contribution in [2.24, 2.45) is 0 Å². The maximum atomic E-state index is 13.0. The first-order valence-electron chi connectivity index (χ1n) is 11.8. The molecule has 4 rings (SSSR count). The van der Waals surface area contributed by atoms with Gasteiger partial charge >= 0.3 is 11.9 Å². The van der Waals surface area contributed by atoms with Crippen molar-refractivity contribution < 1.29 is 33.4 Å². The van der Waals surface area contributed by atoms with Crippen molar-refractivity contribution >= 4 is 65.9 Å². The third-order valence-electron chi connectivity index (χ3n) is 6.56. The van der Waals surface area contributed by atoms with Gasteiger partial charge in [-0.3, -0.25) is 9.28 Å². The molecule has 1 unspecified atom stereocenters. The lowest BCUT2D eigenvalue weighted by Crippen LogP contribution is -2.48. The summed E-state index contributed by atoms with van der Waals surface area (Å²) in [6.45, 7) is 5.80. The quantitative estimate of drug-likeness (QED) is 0.182. The average Bonchev–Trinajstić information content (AvgIpc) is 3.57. The number of benzene rings is 2. The van der Waals surface area contributed by atoms with E-state index in [2.05, 4.69) is 10.6 Å². The molecule has 38 heavy (non-hydrogen) atoms. The van der Waals surface area contributed by atoms with E-state index in [0.717, 1.165) is 37.8 Å². The molecule has 1 amide bonds. The van der Waals surface area contributed by atoms with Crippen LogP contribution in [0.25, 0.3) is 0 Å². The predicted molar refractivity (Wildman–Crippen MR) is 148 cm³/mol. The van der Waals surface area contributed by atoms with E-state index in [1.165, 1.54) is 0 Å². The number of amides is 1. The van der Waals surface area contributed by atoms with Gasteiger partial charge in [0.15, 0.2) is 11.5 Å². The van der Waals surface area contributed by atoms with Crippen LogP contribution < -0.4 is 15.4 Å². The molecule has 208 valence electrons. The Hall–Kier alpha value is -2.27. The smallest absolute Gasteiger partial charge is 0.376 e. The zero-order valence-electron chi connectivity index (χ0n) is 20.6. The number of carbonyl (C=O) groups excluding carboxylic acids is 3. The summed E-state index contributed by atoms with van der Waals surface area (Å²) in [5, 5.41) is 16.0. The number of hydrogen-bond donors (Lipinski definition) is 3. The molecule has 0 saturated carbocycles. The summed E-state index contributed by atoms with van der Waals surface area (Å²) >= 11 is 12.6. The maximum absolute atomic E-state index is 13.0. The number of phenolic OH excluding ortho intramolecular Hbond substituents is 1. The Morgan fingerprint density at radius 2 is 1.82 bits per heavy atom. The van der Waals surface area contributed by atoms with Crippen molar-refractivity contribution in [3.8, 4) is 11.5 Å². The molecular formula is C25H30Cl4N3O6+. The third kappa shape index (κ3) is 7.02. The lowest BCUT2D eigenvalue weighted by molar-refractivity contribution is -0.811. The fraction of sp³-hybridized carbons (Fsp3) is 0.400. The van der Waals surface area contributed by atoms with Crippen LogP contribution in [0.1, 0.15) is 22.8 Å². The van der Waals surface area contributed by atoms with E-state index in [-0.39, 0.29) is 65.2 Å². The van der Waals surface area contributed by atoms with Crippen LogP contribution in [0.5, 0.6) is 11.5 Å². The van der Waals surface area contributed by atoms with Crippen LogP contribution in [0.4, 0.5) is 0 Å². The van der Waals surface area contributed by atoms with Gasteiger partial charge in [-0.15, -0.1) is 24.8 Å². The van der Waals surface area contributed by atoms with E-state index in [1.807, 2.05) is 30.3 Å². The minimum absolute atomic E-state index is 0. The number of phenols is 1. The number of rotatable bonds is 8. The maximum Gasteiger partial charge on any atom is 0.376 e. The van der Waals surface area contributed by atoms with Crippen molar-refractivity contribution in [2.45, 2.75) is 25.4 Å². The first-order valence-corrected chi connectivity index (χ1v) is 12.5. The number of carbonyl (C=O) groups is 3. The Kier molecular flexibility index (Phi) is 11.5. The Morgan fingerprint density at radius 3 is 2.45 bits per heavy atom. The van der Waals surface area contributed by atoms with Crippen molar-refractivity contribution in [1.29, 1.82) is 0 Å². The van der Waals surface area contributed by atoms with Crippen molar-refractivity contribution in [3.05, 3.63) is 57.6 Å². The highest BCUT2D eigenvalue weighted by molar-refractivity contribution is 6.39. The molecule has 2 aliphatic heterocycles. The zero-order chi connectivity index (χ0) is 25.9. The van der Waals surface area contributed by atoms with E-state index < -0.39 is 29.6 Å². The van der Waals surface area contributed by atoms with Gasteiger partial charge < -0.3 is 25.2 Å². The summed E-state index contributed by atoms with van der Waals surface area (Å²) < 4.78 is 11.2. The molecule has 2 aromatic carbocycles. The van der Waals surface area contributed by atoms with E-state index in [4.69, 9.17) is 32.7 Å². The van der Waals surface area contributed by atoms with Crippen LogP contribution in [0.15, 0.2) is 36.4 Å². The summed E-state index contributed by atoms with van der Waals surface area (Å²) in [6, 6.07) is 8.95. The van der Waals surface area contributed by atoms with Crippen molar-refractivity contribution in [1.82, 2.24) is 10.6 Å². The highest BCUT2D eigenvalue weighted by atomic mass is 35.5. The van der Waals surface area contributed by atoms with E-state index in [1.54, 1.807) is 6.92 Å². The molecule has 2 heterocycles. The molecule has 2 fully saturated rings. The molecule has 0 aromatic heterocycles. The number of aromatic hydroxyl groups is 1. The standard InChI is InChI=1S/C25H27Cl2N3O6.2ClH/c1-2-35-24(33)18(12-15-6-4-3-5-7-15)29-23(32)16-13-17(26)22(20(27)21(16)31)36-25(34)19-14-30(19)10-8-28-9-11-30;;/h3-7,13,18-19,28H,2,8-12,14H2,1H3,(H-,29,31,32);2*1H/p+1/t18-,19?;;/m0../s1. The molecular weight excluding hydrogens is 580 g/mol. The predicted octanol–water partition coefficient (Wildman–Crippen LogP) is 3.15. The lowest BCUT2D eigenvalue weighted by atomic mass is 10.1. The lowest BCUT2D eigenvalue weighted by Gasteiger charge is -2.25. The number of hydrogen-bond acceptors (Lipinski definition) is 7. The van der Waals surface area contributed by atoms with Gasteiger partial charge in [-0.25, -0.2) is 9.59 Å². The molecule has 3 N–H and O–H groups in total. The highest BCUT2D eigenvalue weighted by Crippen LogP contribution is 2.43. The number of ether oxygens (including phenoxy) is 2. The normalized spacial score (nSPS) is 17.8. The first-order chi connectivity index (χ1) is 17.3. The minimum atomic E-state index is -1.01. The monoisotopic (exact) mass is 608 g/mol. The number of nitrogens with one attached hydrogen (secondary N) is 2. The summed E-state index contributed by atoms with van der Waals surface area (Å²) in [5.41, 5.74) is 0.549. The molecule has 0 radical (unpaired) electrons. The molecule has 2 atom stereocenters. The fourth-order valence-corrected chi connectivity index (χ4v) is 5.01. The summed E-state index contributed by atoms with van der Waals surface area (Å²) in [7, 11) is 0. The zero-order valence-corrected chi connectivity index (χ0v) is 23.7. The summed E-state index contributed by atoms with van der Waals surface area (Å²) in [4.78, 5) is 38.3. The van der Waals surface area contributed by atoms with Crippen molar-refractivity contribution in [3.63, 3.8) is 0 Å². The van der Waals surface area contributed by atoms with E-state index in [0.29, 0.717) is 11.0 Å². The van der Waals surface area contributed by atoms with Crippen LogP contribution in [0, 0.1) is 0 Å². The molecule has 0 bridgehead atoms. The van der Waals surface area contributed by atoms with E-state index >= 15 is 0 Å². The SMILES string of the molecule is CCOC(=O)[C@H](Cc1ccccc1)NC(=O)c1cc(Cl)c(OC(=O)C2C[N+]23CCNCC3)c(Cl)c1O.Cl.Cl. The number of piperazine rings is 1. The Balaban J connectivity index is 0.00000253. The molecule has 2 aliphatic rings. The van der Waals surface area contributed by atoms with Gasteiger partial charge in [0.2, 0.25) is 6.04 Å². The van der Waals surface area contributed by atoms with Crippen LogP contribution in [0.2, 0.25) is 10.0 Å². The van der Waals surface area contributed by atoms with Gasteiger partial charge in [-0.1, -0.05) is 53.5 Å². The Bertz CT molecular complexity index is 1160. The minimum Gasteiger partial charge on any atom is -0.505 e. The van der Waals surface area contributed by atoms with Crippen molar-refractivity contribution in [2.75, 3.05) is 39.3 Å². The van der Waals surface area contributed by atoms with Gasteiger partial charge in [0.1, 0.15) is 17.6 Å².